The maximum atomic E-state index is 10.2. The van der Waals surface area contributed by atoms with Crippen LogP contribution < -0.4 is 11.1 Å². The Morgan fingerprint density at radius 1 is 0.759 bits per heavy atom. The summed E-state index contributed by atoms with van der Waals surface area (Å²) in [4.78, 5) is 0. The first kappa shape index (κ1) is 17.6. The highest BCUT2D eigenvalue weighted by molar-refractivity contribution is 7.25. The minimum Gasteiger partial charge on any atom is -0.507 e. The van der Waals surface area contributed by atoms with E-state index in [1.165, 1.54) is 20.2 Å². The van der Waals surface area contributed by atoms with Crippen LogP contribution in [0.1, 0.15) is 5.56 Å². The topological polar surface area (TPSA) is 58.3 Å². The molecule has 0 bridgehead atoms. The number of phenolic OH excluding ortho intramolecular Hbond substituents is 1. The minimum atomic E-state index is 0.290. The molecule has 0 aliphatic carbocycles. The number of aryl methyl sites for hydroxylation is 1. The molecule has 0 unspecified atom stereocenters. The van der Waals surface area contributed by atoms with Crippen molar-refractivity contribution in [3.63, 3.8) is 0 Å². The molecule has 0 atom stereocenters. The van der Waals surface area contributed by atoms with Crippen molar-refractivity contribution in [2.45, 2.75) is 6.92 Å². The first-order valence-electron chi connectivity index (χ1n) is 9.46. The molecule has 1 aromatic heterocycles. The second-order valence-electron chi connectivity index (χ2n) is 7.24. The standard InChI is InChI=1S/C25H20N2OS/c1-15-6-8-17(13-21(15)19-4-2-3-5-23(19)28)27-18-9-10-20-22-12-16(26)7-11-24(22)29-25(20)14-18/h2-14,27-28H,26H2,1H3. The van der Waals surface area contributed by atoms with Crippen LogP contribution in [0.4, 0.5) is 17.1 Å². The molecule has 0 spiro atoms. The lowest BCUT2D eigenvalue weighted by atomic mass is 9.99. The molecule has 4 aromatic carbocycles. The van der Waals surface area contributed by atoms with Gasteiger partial charge in [-0.25, -0.2) is 0 Å². The van der Waals surface area contributed by atoms with Gasteiger partial charge < -0.3 is 16.2 Å². The molecule has 142 valence electrons. The first-order valence-corrected chi connectivity index (χ1v) is 10.3. The number of nitrogens with two attached hydrogens (primary N) is 1. The molecular weight excluding hydrogens is 376 g/mol. The maximum Gasteiger partial charge on any atom is 0.123 e. The van der Waals surface area contributed by atoms with Crippen LogP contribution in [0.3, 0.4) is 0 Å². The molecule has 4 heteroatoms. The molecule has 4 N–H and O–H groups in total. The van der Waals surface area contributed by atoms with Crippen LogP contribution in [0.5, 0.6) is 5.75 Å². The van der Waals surface area contributed by atoms with Crippen molar-refractivity contribution < 1.29 is 5.11 Å². The summed E-state index contributed by atoms with van der Waals surface area (Å²) in [6.45, 7) is 2.06. The fourth-order valence-electron chi connectivity index (χ4n) is 3.73. The summed E-state index contributed by atoms with van der Waals surface area (Å²) in [5.74, 6) is 0.290. The van der Waals surface area contributed by atoms with Gasteiger partial charge in [-0.05, 0) is 66.6 Å². The fourth-order valence-corrected chi connectivity index (χ4v) is 4.86. The van der Waals surface area contributed by atoms with Crippen LogP contribution in [-0.2, 0) is 0 Å². The van der Waals surface area contributed by atoms with E-state index >= 15 is 0 Å². The number of benzene rings is 4. The predicted molar refractivity (Wildman–Crippen MR) is 125 cm³/mol. The number of nitrogens with one attached hydrogen (secondary N) is 1. The lowest BCUT2D eigenvalue weighted by Crippen LogP contribution is -1.92. The molecule has 0 aliphatic heterocycles. The number of para-hydroxylation sites is 1. The monoisotopic (exact) mass is 396 g/mol. The average molecular weight is 397 g/mol. The quantitative estimate of drug-likeness (QED) is 0.286. The van der Waals surface area contributed by atoms with Gasteiger partial charge in [-0.1, -0.05) is 30.3 Å². The van der Waals surface area contributed by atoms with Gasteiger partial charge in [0.05, 0.1) is 0 Å². The SMILES string of the molecule is Cc1ccc(Nc2ccc3c(c2)sc2ccc(N)cc23)cc1-c1ccccc1O. The smallest absolute Gasteiger partial charge is 0.123 e. The van der Waals surface area contributed by atoms with Gasteiger partial charge in [0, 0.05) is 42.8 Å². The third kappa shape index (κ3) is 3.18. The number of phenols is 1. The molecule has 0 amide bonds. The molecule has 5 rings (SSSR count). The Labute approximate surface area is 173 Å². The molecule has 0 radical (unpaired) electrons. The van der Waals surface area contributed by atoms with E-state index < -0.39 is 0 Å². The summed E-state index contributed by atoms with van der Waals surface area (Å²) < 4.78 is 2.46. The average Bonchev–Trinajstić information content (AvgIpc) is 3.07. The van der Waals surface area contributed by atoms with Gasteiger partial charge in [0.1, 0.15) is 5.75 Å². The van der Waals surface area contributed by atoms with Gasteiger partial charge in [-0.3, -0.25) is 0 Å². The normalized spacial score (nSPS) is 11.2. The van der Waals surface area contributed by atoms with Crippen LogP contribution in [-0.4, -0.2) is 5.11 Å². The lowest BCUT2D eigenvalue weighted by Gasteiger charge is -2.12. The molecule has 0 aliphatic rings. The lowest BCUT2D eigenvalue weighted by molar-refractivity contribution is 0.477. The summed E-state index contributed by atoms with van der Waals surface area (Å²) in [6, 6.07) is 26.2. The van der Waals surface area contributed by atoms with Gasteiger partial charge in [0.25, 0.3) is 0 Å². The van der Waals surface area contributed by atoms with Crippen LogP contribution in [0, 0.1) is 6.92 Å². The Balaban J connectivity index is 1.53. The zero-order valence-electron chi connectivity index (χ0n) is 15.9. The Bertz CT molecular complexity index is 1370. The van der Waals surface area contributed by atoms with Gasteiger partial charge in [-0.15, -0.1) is 11.3 Å². The molecule has 0 saturated heterocycles. The van der Waals surface area contributed by atoms with E-state index in [4.69, 9.17) is 5.73 Å². The van der Waals surface area contributed by atoms with Crippen LogP contribution >= 0.6 is 11.3 Å². The van der Waals surface area contributed by atoms with Crippen molar-refractivity contribution in [2.24, 2.45) is 0 Å². The Morgan fingerprint density at radius 2 is 1.55 bits per heavy atom. The second kappa shape index (κ2) is 6.83. The van der Waals surface area contributed by atoms with E-state index in [0.717, 1.165) is 33.8 Å². The second-order valence-corrected chi connectivity index (χ2v) is 8.32. The van der Waals surface area contributed by atoms with Crippen LogP contribution in [0.2, 0.25) is 0 Å². The van der Waals surface area contributed by atoms with E-state index in [0.29, 0.717) is 5.75 Å². The molecule has 0 fully saturated rings. The number of fused-ring (bicyclic) bond motifs is 3. The van der Waals surface area contributed by atoms with Crippen molar-refractivity contribution in [1.29, 1.82) is 0 Å². The summed E-state index contributed by atoms with van der Waals surface area (Å²) in [6.07, 6.45) is 0. The van der Waals surface area contributed by atoms with Crippen molar-refractivity contribution in [3.05, 3.63) is 84.4 Å². The Morgan fingerprint density at radius 3 is 2.41 bits per heavy atom. The number of aromatic hydroxyl groups is 1. The fraction of sp³-hybridized carbons (Fsp3) is 0.0400. The summed E-state index contributed by atoms with van der Waals surface area (Å²) in [5, 5.41) is 16.2. The van der Waals surface area contributed by atoms with Crippen molar-refractivity contribution >= 4 is 48.6 Å². The molecule has 1 heterocycles. The number of hydrogen-bond donors (Lipinski definition) is 3. The first-order chi connectivity index (χ1) is 14.1. The zero-order valence-corrected chi connectivity index (χ0v) is 16.8. The van der Waals surface area contributed by atoms with Crippen LogP contribution in [0.25, 0.3) is 31.3 Å². The van der Waals surface area contributed by atoms with E-state index in [-0.39, 0.29) is 0 Å². The Hall–Kier alpha value is -3.50. The Kier molecular flexibility index (Phi) is 4.14. The highest BCUT2D eigenvalue weighted by Crippen LogP contribution is 2.38. The highest BCUT2D eigenvalue weighted by Gasteiger charge is 2.09. The zero-order chi connectivity index (χ0) is 20.0. The third-order valence-electron chi connectivity index (χ3n) is 5.22. The molecule has 3 nitrogen and oxygen atoms in total. The largest absolute Gasteiger partial charge is 0.507 e. The summed E-state index contributed by atoms with van der Waals surface area (Å²) >= 11 is 1.77. The number of nitrogen functional groups attached to an aromatic ring is 1. The number of thiophene rings is 1. The van der Waals surface area contributed by atoms with Crippen molar-refractivity contribution in [2.75, 3.05) is 11.1 Å². The van der Waals surface area contributed by atoms with E-state index in [9.17, 15) is 5.11 Å². The van der Waals surface area contributed by atoms with E-state index in [1.54, 1.807) is 17.4 Å². The summed E-state index contributed by atoms with van der Waals surface area (Å²) in [7, 11) is 0. The minimum absolute atomic E-state index is 0.290. The number of anilines is 3. The van der Waals surface area contributed by atoms with Crippen LogP contribution in [0.15, 0.2) is 78.9 Å². The van der Waals surface area contributed by atoms with Gasteiger partial charge in [0.15, 0.2) is 0 Å². The van der Waals surface area contributed by atoms with Gasteiger partial charge >= 0.3 is 0 Å². The van der Waals surface area contributed by atoms with E-state index in [2.05, 4.69) is 54.7 Å². The van der Waals surface area contributed by atoms with Crippen molar-refractivity contribution in [1.82, 2.24) is 0 Å². The number of hydrogen-bond acceptors (Lipinski definition) is 4. The van der Waals surface area contributed by atoms with Crippen molar-refractivity contribution in [3.8, 4) is 16.9 Å². The van der Waals surface area contributed by atoms with E-state index in [1.807, 2.05) is 30.3 Å². The molecule has 29 heavy (non-hydrogen) atoms. The molecule has 5 aromatic rings. The number of rotatable bonds is 3. The molecular formula is C25H20N2OS. The van der Waals surface area contributed by atoms with Gasteiger partial charge in [0.2, 0.25) is 0 Å². The predicted octanol–water partition coefficient (Wildman–Crippen LogP) is 7.06. The maximum absolute atomic E-state index is 10.2. The molecule has 0 saturated carbocycles. The van der Waals surface area contributed by atoms with Gasteiger partial charge in [-0.2, -0.15) is 0 Å². The third-order valence-corrected chi connectivity index (χ3v) is 6.35. The summed E-state index contributed by atoms with van der Waals surface area (Å²) in [5.41, 5.74) is 11.7. The highest BCUT2D eigenvalue weighted by atomic mass is 32.1.